The fraction of sp³-hybridized carbons (Fsp3) is 0.545. The molecule has 100 valence electrons. The maximum absolute atomic E-state index is 11.3. The van der Waals surface area contributed by atoms with Crippen LogP contribution in [0.5, 0.6) is 0 Å². The Morgan fingerprint density at radius 2 is 2.11 bits per heavy atom. The van der Waals surface area contributed by atoms with Crippen LogP contribution in [0.2, 0.25) is 0 Å². The van der Waals surface area contributed by atoms with Gasteiger partial charge in [0.25, 0.3) is 0 Å². The van der Waals surface area contributed by atoms with Gasteiger partial charge in [-0.2, -0.15) is 0 Å². The average Bonchev–Trinajstić information content (AvgIpc) is 2.76. The Labute approximate surface area is 105 Å². The minimum atomic E-state index is -2.86. The van der Waals surface area contributed by atoms with Gasteiger partial charge >= 0.3 is 5.97 Å². The first-order valence-corrected chi connectivity index (χ1v) is 7.53. The molecule has 2 heterocycles. The third kappa shape index (κ3) is 3.11. The first kappa shape index (κ1) is 13.1. The third-order valence-electron chi connectivity index (χ3n) is 3.08. The molecule has 1 saturated heterocycles. The standard InChI is InChI=1S/C11H15NO5S/c13-11(14)10-8(1-4-17-10)7-12-9-2-5-18(15,16)6-3-9/h1,4,9,12H,2-3,5-7H2,(H,13,14). The van der Waals surface area contributed by atoms with Gasteiger partial charge in [0.05, 0.1) is 17.8 Å². The lowest BCUT2D eigenvalue weighted by molar-refractivity contribution is 0.0660. The molecule has 0 unspecified atom stereocenters. The molecule has 0 amide bonds. The Hall–Kier alpha value is -1.34. The van der Waals surface area contributed by atoms with Crippen molar-refractivity contribution in [2.45, 2.75) is 25.4 Å². The van der Waals surface area contributed by atoms with Crippen molar-refractivity contribution in [2.75, 3.05) is 11.5 Å². The van der Waals surface area contributed by atoms with E-state index in [1.54, 1.807) is 6.07 Å². The fourth-order valence-corrected chi connectivity index (χ4v) is 3.50. The van der Waals surface area contributed by atoms with Crippen LogP contribution in [-0.4, -0.2) is 37.0 Å². The van der Waals surface area contributed by atoms with E-state index in [2.05, 4.69) is 5.32 Å². The van der Waals surface area contributed by atoms with E-state index >= 15 is 0 Å². The quantitative estimate of drug-likeness (QED) is 0.836. The summed E-state index contributed by atoms with van der Waals surface area (Å²) >= 11 is 0. The highest BCUT2D eigenvalue weighted by Gasteiger charge is 2.23. The minimum Gasteiger partial charge on any atom is -0.475 e. The molecule has 0 bridgehead atoms. The molecule has 1 aliphatic heterocycles. The Balaban J connectivity index is 1.89. The average molecular weight is 273 g/mol. The van der Waals surface area contributed by atoms with Crippen molar-refractivity contribution in [3.8, 4) is 0 Å². The van der Waals surface area contributed by atoms with Gasteiger partial charge in [-0.15, -0.1) is 0 Å². The number of furan rings is 1. The van der Waals surface area contributed by atoms with Gasteiger partial charge in [-0.25, -0.2) is 13.2 Å². The maximum atomic E-state index is 11.3. The number of carbonyl (C=O) groups is 1. The number of aromatic carboxylic acids is 1. The summed E-state index contributed by atoms with van der Waals surface area (Å²) < 4.78 is 27.4. The van der Waals surface area contributed by atoms with Gasteiger partial charge in [-0.1, -0.05) is 0 Å². The second kappa shape index (κ2) is 5.11. The minimum absolute atomic E-state index is 0.0640. The number of rotatable bonds is 4. The molecule has 18 heavy (non-hydrogen) atoms. The highest BCUT2D eigenvalue weighted by Crippen LogP contribution is 2.15. The van der Waals surface area contributed by atoms with Crippen LogP contribution in [0.4, 0.5) is 0 Å². The Morgan fingerprint density at radius 1 is 1.44 bits per heavy atom. The molecule has 2 rings (SSSR count). The van der Waals surface area contributed by atoms with E-state index in [-0.39, 0.29) is 23.3 Å². The zero-order valence-electron chi connectivity index (χ0n) is 9.76. The topological polar surface area (TPSA) is 96.6 Å². The Bertz CT molecular complexity index is 519. The molecule has 0 radical (unpaired) electrons. The van der Waals surface area contributed by atoms with Crippen LogP contribution in [-0.2, 0) is 16.4 Å². The molecule has 0 aliphatic carbocycles. The molecule has 1 fully saturated rings. The number of carboxylic acids is 1. The van der Waals surface area contributed by atoms with Crippen LogP contribution in [0.3, 0.4) is 0 Å². The Kier molecular flexibility index (Phi) is 3.72. The van der Waals surface area contributed by atoms with E-state index in [1.807, 2.05) is 0 Å². The smallest absolute Gasteiger partial charge is 0.372 e. The fourth-order valence-electron chi connectivity index (χ4n) is 2.01. The van der Waals surface area contributed by atoms with Gasteiger partial charge < -0.3 is 14.8 Å². The summed E-state index contributed by atoms with van der Waals surface area (Å²) in [7, 11) is -2.86. The number of nitrogens with one attached hydrogen (secondary N) is 1. The zero-order chi connectivity index (χ0) is 13.2. The first-order chi connectivity index (χ1) is 8.48. The van der Waals surface area contributed by atoms with E-state index in [9.17, 15) is 13.2 Å². The molecule has 6 nitrogen and oxygen atoms in total. The van der Waals surface area contributed by atoms with Crippen molar-refractivity contribution in [3.05, 3.63) is 23.7 Å². The molecule has 0 atom stereocenters. The van der Waals surface area contributed by atoms with Gasteiger partial charge in [0, 0.05) is 18.2 Å². The predicted octanol–water partition coefficient (Wildman–Crippen LogP) is 0.645. The molecule has 7 heteroatoms. The lowest BCUT2D eigenvalue weighted by Crippen LogP contribution is -2.37. The second-order valence-electron chi connectivity index (χ2n) is 4.39. The molecule has 0 spiro atoms. The number of hydrogen-bond acceptors (Lipinski definition) is 5. The summed E-state index contributed by atoms with van der Waals surface area (Å²) in [6, 6.07) is 1.72. The summed E-state index contributed by atoms with van der Waals surface area (Å²) in [5.41, 5.74) is 0.580. The van der Waals surface area contributed by atoms with Crippen LogP contribution >= 0.6 is 0 Å². The van der Waals surface area contributed by atoms with Crippen molar-refractivity contribution in [2.24, 2.45) is 0 Å². The molecule has 0 saturated carbocycles. The highest BCUT2D eigenvalue weighted by atomic mass is 32.2. The maximum Gasteiger partial charge on any atom is 0.372 e. The van der Waals surface area contributed by atoms with Crippen molar-refractivity contribution >= 4 is 15.8 Å². The number of carboxylic acid groups (broad SMARTS) is 1. The van der Waals surface area contributed by atoms with E-state index in [4.69, 9.17) is 9.52 Å². The van der Waals surface area contributed by atoms with E-state index in [1.165, 1.54) is 6.26 Å². The van der Waals surface area contributed by atoms with E-state index < -0.39 is 15.8 Å². The molecular formula is C11H15NO5S. The summed E-state index contributed by atoms with van der Waals surface area (Å²) in [6.45, 7) is 0.378. The second-order valence-corrected chi connectivity index (χ2v) is 6.69. The van der Waals surface area contributed by atoms with Crippen LogP contribution in [0, 0.1) is 0 Å². The molecule has 0 aromatic carbocycles. The van der Waals surface area contributed by atoms with Crippen molar-refractivity contribution in [1.29, 1.82) is 0 Å². The molecule has 1 aromatic heterocycles. The van der Waals surface area contributed by atoms with Gasteiger partial charge in [-0.05, 0) is 18.9 Å². The molecule has 2 N–H and O–H groups in total. The largest absolute Gasteiger partial charge is 0.475 e. The predicted molar refractivity (Wildman–Crippen MR) is 64.2 cm³/mol. The van der Waals surface area contributed by atoms with Gasteiger partial charge in [0.1, 0.15) is 9.84 Å². The van der Waals surface area contributed by atoms with Crippen molar-refractivity contribution in [3.63, 3.8) is 0 Å². The van der Waals surface area contributed by atoms with Crippen molar-refractivity contribution < 1.29 is 22.7 Å². The normalized spacial score (nSPS) is 19.8. The van der Waals surface area contributed by atoms with Crippen LogP contribution in [0.25, 0.3) is 0 Å². The number of sulfone groups is 1. The molecule has 1 aliphatic rings. The molecule has 1 aromatic rings. The lowest BCUT2D eigenvalue weighted by atomic mass is 10.1. The highest BCUT2D eigenvalue weighted by molar-refractivity contribution is 7.91. The summed E-state index contributed by atoms with van der Waals surface area (Å²) in [5, 5.41) is 12.0. The zero-order valence-corrected chi connectivity index (χ0v) is 10.6. The summed E-state index contributed by atoms with van der Waals surface area (Å²) in [5.74, 6) is -0.766. The van der Waals surface area contributed by atoms with Gasteiger partial charge in [0.15, 0.2) is 0 Å². The first-order valence-electron chi connectivity index (χ1n) is 5.71. The third-order valence-corrected chi connectivity index (χ3v) is 4.79. The van der Waals surface area contributed by atoms with E-state index in [0.29, 0.717) is 24.9 Å². The van der Waals surface area contributed by atoms with Gasteiger partial charge in [0.2, 0.25) is 5.76 Å². The SMILES string of the molecule is O=C(O)c1occc1CNC1CCS(=O)(=O)CC1. The van der Waals surface area contributed by atoms with Crippen LogP contribution in [0.1, 0.15) is 29.0 Å². The Morgan fingerprint density at radius 3 is 2.72 bits per heavy atom. The van der Waals surface area contributed by atoms with Crippen LogP contribution in [0.15, 0.2) is 16.7 Å². The summed E-state index contributed by atoms with van der Waals surface area (Å²) in [4.78, 5) is 10.8. The monoisotopic (exact) mass is 273 g/mol. The van der Waals surface area contributed by atoms with Gasteiger partial charge in [-0.3, -0.25) is 0 Å². The lowest BCUT2D eigenvalue weighted by Gasteiger charge is -2.22. The van der Waals surface area contributed by atoms with Crippen molar-refractivity contribution in [1.82, 2.24) is 5.32 Å². The summed E-state index contributed by atoms with van der Waals surface area (Å²) in [6.07, 6.45) is 2.48. The van der Waals surface area contributed by atoms with Crippen LogP contribution < -0.4 is 5.32 Å². The molecular weight excluding hydrogens is 258 g/mol. The number of hydrogen-bond donors (Lipinski definition) is 2. The van der Waals surface area contributed by atoms with E-state index in [0.717, 1.165) is 0 Å².